The molecule has 0 spiro atoms. The minimum Gasteiger partial charge on any atom is -0.383 e. The summed E-state index contributed by atoms with van der Waals surface area (Å²) in [6.07, 6.45) is 1.73. The molecule has 1 aromatic carbocycles. The Hall–Kier alpha value is -2.63. The molecule has 2 heterocycles. The highest BCUT2D eigenvalue weighted by molar-refractivity contribution is 5.69. The van der Waals surface area contributed by atoms with Crippen LogP contribution in [0.3, 0.4) is 0 Å². The Morgan fingerprint density at radius 1 is 1.15 bits per heavy atom. The average Bonchev–Trinajstić information content (AvgIpc) is 3.02. The van der Waals surface area contributed by atoms with Gasteiger partial charge >= 0.3 is 0 Å². The molecule has 0 aliphatic rings. The summed E-state index contributed by atoms with van der Waals surface area (Å²) >= 11 is 0. The molecule has 2 N–H and O–H groups in total. The SMILES string of the molecule is CCn1c(C)nnc1-c1cnn(-c2ccccc2)c1N. The summed E-state index contributed by atoms with van der Waals surface area (Å²) in [5.41, 5.74) is 7.95. The second-order valence-corrected chi connectivity index (χ2v) is 4.51. The van der Waals surface area contributed by atoms with Gasteiger partial charge in [0.05, 0.1) is 17.4 Å². The third-order valence-electron chi connectivity index (χ3n) is 3.30. The Morgan fingerprint density at radius 2 is 1.90 bits per heavy atom. The van der Waals surface area contributed by atoms with E-state index in [4.69, 9.17) is 5.73 Å². The van der Waals surface area contributed by atoms with Crippen LogP contribution in [0.25, 0.3) is 17.1 Å². The lowest BCUT2D eigenvalue weighted by Gasteiger charge is -2.06. The van der Waals surface area contributed by atoms with Crippen LogP contribution in [-0.4, -0.2) is 24.5 Å². The normalized spacial score (nSPS) is 10.9. The van der Waals surface area contributed by atoms with Gasteiger partial charge < -0.3 is 10.3 Å². The maximum atomic E-state index is 6.22. The van der Waals surface area contributed by atoms with Crippen LogP contribution >= 0.6 is 0 Å². The number of hydrogen-bond acceptors (Lipinski definition) is 4. The summed E-state index contributed by atoms with van der Waals surface area (Å²) in [7, 11) is 0. The zero-order valence-electron chi connectivity index (χ0n) is 11.5. The predicted octanol–water partition coefficient (Wildman–Crippen LogP) is 2.04. The van der Waals surface area contributed by atoms with E-state index >= 15 is 0 Å². The fraction of sp³-hybridized carbons (Fsp3) is 0.214. The van der Waals surface area contributed by atoms with Crippen molar-refractivity contribution >= 4 is 5.82 Å². The molecule has 0 fully saturated rings. The van der Waals surface area contributed by atoms with Crippen molar-refractivity contribution in [2.45, 2.75) is 20.4 Å². The smallest absolute Gasteiger partial charge is 0.169 e. The van der Waals surface area contributed by atoms with Gasteiger partial charge in [0.15, 0.2) is 5.82 Å². The first-order valence-electron chi connectivity index (χ1n) is 6.51. The molecule has 0 aliphatic carbocycles. The summed E-state index contributed by atoms with van der Waals surface area (Å²) in [5.74, 6) is 2.19. The number of nitrogens with zero attached hydrogens (tertiary/aromatic N) is 5. The molecular formula is C14H16N6. The highest BCUT2D eigenvalue weighted by Gasteiger charge is 2.17. The van der Waals surface area contributed by atoms with Gasteiger partial charge in [0.2, 0.25) is 0 Å². The molecule has 6 nitrogen and oxygen atoms in total. The summed E-state index contributed by atoms with van der Waals surface area (Å²) in [6, 6.07) is 9.79. The van der Waals surface area contributed by atoms with Crippen LogP contribution in [-0.2, 0) is 6.54 Å². The van der Waals surface area contributed by atoms with Gasteiger partial charge in [0, 0.05) is 6.54 Å². The summed E-state index contributed by atoms with van der Waals surface area (Å²) in [4.78, 5) is 0. The first-order valence-corrected chi connectivity index (χ1v) is 6.51. The van der Waals surface area contributed by atoms with Gasteiger partial charge in [-0.15, -0.1) is 10.2 Å². The molecule has 20 heavy (non-hydrogen) atoms. The molecule has 0 amide bonds. The van der Waals surface area contributed by atoms with Gasteiger partial charge in [-0.1, -0.05) is 18.2 Å². The van der Waals surface area contributed by atoms with Crippen LogP contribution in [0.2, 0.25) is 0 Å². The maximum absolute atomic E-state index is 6.22. The van der Waals surface area contributed by atoms with Gasteiger partial charge in [0.1, 0.15) is 11.6 Å². The van der Waals surface area contributed by atoms with Crippen molar-refractivity contribution in [3.63, 3.8) is 0 Å². The van der Waals surface area contributed by atoms with E-state index in [9.17, 15) is 0 Å². The number of aryl methyl sites for hydroxylation is 1. The second-order valence-electron chi connectivity index (χ2n) is 4.51. The van der Waals surface area contributed by atoms with Crippen molar-refractivity contribution in [3.8, 4) is 17.1 Å². The molecular weight excluding hydrogens is 252 g/mol. The van der Waals surface area contributed by atoms with Crippen molar-refractivity contribution in [3.05, 3.63) is 42.4 Å². The van der Waals surface area contributed by atoms with E-state index in [1.165, 1.54) is 0 Å². The molecule has 0 unspecified atom stereocenters. The van der Waals surface area contributed by atoms with Crippen LogP contribution in [0.5, 0.6) is 0 Å². The van der Waals surface area contributed by atoms with Gasteiger partial charge in [0.25, 0.3) is 0 Å². The standard InChI is InChI=1S/C14H16N6/c1-3-19-10(2)17-18-14(19)12-9-16-20(13(12)15)11-7-5-4-6-8-11/h4-9H,3,15H2,1-2H3. The van der Waals surface area contributed by atoms with E-state index in [0.29, 0.717) is 5.82 Å². The summed E-state index contributed by atoms with van der Waals surface area (Å²) in [6.45, 7) is 4.78. The fourth-order valence-electron chi connectivity index (χ4n) is 2.26. The Labute approximate surface area is 116 Å². The van der Waals surface area contributed by atoms with Crippen molar-refractivity contribution in [1.29, 1.82) is 0 Å². The Balaban J connectivity index is 2.11. The van der Waals surface area contributed by atoms with E-state index in [1.54, 1.807) is 10.9 Å². The minimum atomic E-state index is 0.568. The first kappa shape index (κ1) is 12.4. The van der Waals surface area contributed by atoms with E-state index in [-0.39, 0.29) is 0 Å². The zero-order valence-corrected chi connectivity index (χ0v) is 11.5. The Kier molecular flexibility index (Phi) is 2.98. The average molecular weight is 268 g/mol. The quantitative estimate of drug-likeness (QED) is 0.788. The van der Waals surface area contributed by atoms with Gasteiger partial charge in [-0.25, -0.2) is 4.68 Å². The highest BCUT2D eigenvalue weighted by atomic mass is 15.3. The van der Waals surface area contributed by atoms with E-state index in [2.05, 4.69) is 22.2 Å². The van der Waals surface area contributed by atoms with Gasteiger partial charge in [-0.3, -0.25) is 0 Å². The van der Waals surface area contributed by atoms with Gasteiger partial charge in [-0.05, 0) is 26.0 Å². The number of para-hydroxylation sites is 1. The minimum absolute atomic E-state index is 0.568. The highest BCUT2D eigenvalue weighted by Crippen LogP contribution is 2.26. The molecule has 6 heteroatoms. The van der Waals surface area contributed by atoms with E-state index in [1.807, 2.05) is 41.8 Å². The summed E-state index contributed by atoms with van der Waals surface area (Å²) < 4.78 is 3.72. The second kappa shape index (κ2) is 4.80. The van der Waals surface area contributed by atoms with E-state index < -0.39 is 0 Å². The molecule has 102 valence electrons. The van der Waals surface area contributed by atoms with Crippen molar-refractivity contribution in [1.82, 2.24) is 24.5 Å². The molecule has 3 rings (SSSR count). The van der Waals surface area contributed by atoms with Crippen molar-refractivity contribution < 1.29 is 0 Å². The van der Waals surface area contributed by atoms with Gasteiger partial charge in [-0.2, -0.15) is 5.10 Å². The van der Waals surface area contributed by atoms with E-state index in [0.717, 1.165) is 29.4 Å². The molecule has 0 aliphatic heterocycles. The first-order chi connectivity index (χ1) is 9.72. The molecule has 0 saturated heterocycles. The third-order valence-corrected chi connectivity index (χ3v) is 3.30. The number of aromatic nitrogens is 5. The predicted molar refractivity (Wildman–Crippen MR) is 77.4 cm³/mol. The third kappa shape index (κ3) is 1.85. The van der Waals surface area contributed by atoms with Crippen molar-refractivity contribution in [2.75, 3.05) is 5.73 Å². The van der Waals surface area contributed by atoms with Crippen LogP contribution < -0.4 is 5.73 Å². The molecule has 0 radical (unpaired) electrons. The Bertz CT molecular complexity index is 725. The topological polar surface area (TPSA) is 74.5 Å². The molecule has 0 atom stereocenters. The number of benzene rings is 1. The monoisotopic (exact) mass is 268 g/mol. The lowest BCUT2D eigenvalue weighted by Crippen LogP contribution is -2.04. The largest absolute Gasteiger partial charge is 0.383 e. The molecule has 0 saturated carbocycles. The van der Waals surface area contributed by atoms with Crippen LogP contribution in [0.1, 0.15) is 12.7 Å². The molecule has 3 aromatic rings. The number of nitrogen functional groups attached to an aromatic ring is 1. The summed E-state index contributed by atoms with van der Waals surface area (Å²) in [5, 5.41) is 12.7. The Morgan fingerprint density at radius 3 is 2.60 bits per heavy atom. The van der Waals surface area contributed by atoms with Crippen molar-refractivity contribution in [2.24, 2.45) is 0 Å². The van der Waals surface area contributed by atoms with Crippen LogP contribution in [0, 0.1) is 6.92 Å². The number of nitrogens with two attached hydrogens (primary N) is 1. The number of hydrogen-bond donors (Lipinski definition) is 1. The zero-order chi connectivity index (χ0) is 14.1. The van der Waals surface area contributed by atoms with Crippen LogP contribution in [0.4, 0.5) is 5.82 Å². The lowest BCUT2D eigenvalue weighted by molar-refractivity contribution is 0.737. The number of anilines is 1. The van der Waals surface area contributed by atoms with Crippen LogP contribution in [0.15, 0.2) is 36.5 Å². The maximum Gasteiger partial charge on any atom is 0.169 e. The molecule has 0 bridgehead atoms. The molecule has 2 aromatic heterocycles. The fourth-order valence-corrected chi connectivity index (χ4v) is 2.26. The number of rotatable bonds is 3. The lowest BCUT2D eigenvalue weighted by atomic mass is 10.3.